The summed E-state index contributed by atoms with van der Waals surface area (Å²) in [6.07, 6.45) is 1.77. The number of pyridine rings is 1. The summed E-state index contributed by atoms with van der Waals surface area (Å²) in [5.74, 6) is 0.333. The summed E-state index contributed by atoms with van der Waals surface area (Å²) in [5, 5.41) is 13.1. The van der Waals surface area contributed by atoms with Gasteiger partial charge in [-0.2, -0.15) is 10.2 Å². The number of carbonyl (C=O) groups is 1. The lowest BCUT2D eigenvalue weighted by Gasteiger charge is -2.07. The van der Waals surface area contributed by atoms with Gasteiger partial charge in [-0.25, -0.2) is 9.67 Å². The molecule has 5 rings (SSSR count). The van der Waals surface area contributed by atoms with Gasteiger partial charge in [0, 0.05) is 23.3 Å². The van der Waals surface area contributed by atoms with Gasteiger partial charge in [-0.05, 0) is 50.5 Å². The van der Waals surface area contributed by atoms with Gasteiger partial charge >= 0.3 is 0 Å². The van der Waals surface area contributed by atoms with Crippen molar-refractivity contribution >= 4 is 22.8 Å². The number of nitrogens with one attached hydrogen (secondary N) is 1. The monoisotopic (exact) mass is 464 g/mol. The third kappa shape index (κ3) is 4.71. The molecule has 2 aromatic carbocycles. The lowest BCUT2D eigenvalue weighted by molar-refractivity contribution is -0.116. The first kappa shape index (κ1) is 22.5. The Balaban J connectivity index is 1.36. The summed E-state index contributed by atoms with van der Waals surface area (Å²) >= 11 is 0. The van der Waals surface area contributed by atoms with Gasteiger partial charge in [-0.3, -0.25) is 9.48 Å². The van der Waals surface area contributed by atoms with Crippen molar-refractivity contribution in [1.82, 2.24) is 24.5 Å². The summed E-state index contributed by atoms with van der Waals surface area (Å²) in [7, 11) is 0. The summed E-state index contributed by atoms with van der Waals surface area (Å²) < 4.78 is 3.56. The second-order valence-electron chi connectivity index (χ2n) is 9.04. The molecule has 7 heteroatoms. The third-order valence-corrected chi connectivity index (χ3v) is 6.09. The Morgan fingerprint density at radius 1 is 0.886 bits per heavy atom. The predicted molar refractivity (Wildman–Crippen MR) is 138 cm³/mol. The molecule has 3 aromatic heterocycles. The maximum atomic E-state index is 12.9. The fourth-order valence-corrected chi connectivity index (χ4v) is 4.48. The number of benzene rings is 2. The number of nitrogens with zero attached hydrogens (tertiary/aromatic N) is 5. The molecule has 0 radical (unpaired) electrons. The van der Waals surface area contributed by atoms with Crippen LogP contribution in [-0.2, 0) is 17.9 Å². The largest absolute Gasteiger partial charge is 0.308 e. The van der Waals surface area contributed by atoms with E-state index in [1.165, 1.54) is 16.7 Å². The van der Waals surface area contributed by atoms with E-state index in [0.29, 0.717) is 18.0 Å². The molecule has 0 atom stereocenters. The molecule has 35 heavy (non-hydrogen) atoms. The van der Waals surface area contributed by atoms with Crippen LogP contribution < -0.4 is 5.32 Å². The Bertz CT molecular complexity index is 1540. The number of carbonyl (C=O) groups excluding carboxylic acids is 1. The Morgan fingerprint density at radius 2 is 1.66 bits per heavy atom. The van der Waals surface area contributed by atoms with E-state index < -0.39 is 0 Å². The molecular weight excluding hydrogens is 436 g/mol. The molecule has 0 aliphatic rings. The maximum absolute atomic E-state index is 12.9. The van der Waals surface area contributed by atoms with Gasteiger partial charge in [0.15, 0.2) is 11.5 Å². The Labute approximate surface area is 204 Å². The van der Waals surface area contributed by atoms with Gasteiger partial charge in [0.25, 0.3) is 0 Å². The number of aryl methyl sites for hydroxylation is 4. The summed E-state index contributed by atoms with van der Waals surface area (Å²) in [6.45, 7) is 8.79. The molecule has 0 spiro atoms. The third-order valence-electron chi connectivity index (χ3n) is 6.09. The van der Waals surface area contributed by atoms with Crippen LogP contribution in [0.2, 0.25) is 0 Å². The molecule has 1 amide bonds. The molecule has 0 saturated carbocycles. The van der Waals surface area contributed by atoms with Crippen LogP contribution >= 0.6 is 0 Å². The van der Waals surface area contributed by atoms with Crippen molar-refractivity contribution in [2.24, 2.45) is 0 Å². The average Bonchev–Trinajstić information content (AvgIpc) is 3.32. The molecule has 7 nitrogen and oxygen atoms in total. The van der Waals surface area contributed by atoms with Gasteiger partial charge in [0.05, 0.1) is 12.2 Å². The van der Waals surface area contributed by atoms with Crippen LogP contribution in [0, 0.1) is 27.7 Å². The highest BCUT2D eigenvalue weighted by Gasteiger charge is 2.17. The van der Waals surface area contributed by atoms with E-state index in [1.54, 1.807) is 10.9 Å². The quantitative estimate of drug-likeness (QED) is 0.374. The highest BCUT2D eigenvalue weighted by molar-refractivity contribution is 5.96. The molecule has 0 aliphatic heterocycles. The normalized spacial score (nSPS) is 11.2. The van der Waals surface area contributed by atoms with Crippen molar-refractivity contribution in [3.05, 3.63) is 94.9 Å². The van der Waals surface area contributed by atoms with Crippen LogP contribution in [0.15, 0.2) is 66.9 Å². The molecule has 176 valence electrons. The van der Waals surface area contributed by atoms with E-state index in [2.05, 4.69) is 70.7 Å². The minimum atomic E-state index is -0.197. The standard InChI is InChI=1S/C28H28N6O/c1-18-7-5-9-22(13-18)16-33-20(3)15-25(32-33)30-26(35)17-34-28-27(21(4)31-34)24(11-12-29-28)23-10-6-8-19(2)14-23/h5-15H,16-17H2,1-4H3,(H,30,32,35). The van der Waals surface area contributed by atoms with Crippen LogP contribution in [0.5, 0.6) is 0 Å². The van der Waals surface area contributed by atoms with E-state index in [4.69, 9.17) is 0 Å². The molecule has 1 N–H and O–H groups in total. The van der Waals surface area contributed by atoms with Crippen molar-refractivity contribution in [3.63, 3.8) is 0 Å². The molecule has 0 aliphatic carbocycles. The molecular formula is C28H28N6O. The van der Waals surface area contributed by atoms with Crippen LogP contribution in [0.4, 0.5) is 5.82 Å². The Morgan fingerprint density at radius 3 is 2.43 bits per heavy atom. The van der Waals surface area contributed by atoms with E-state index in [0.717, 1.165) is 27.9 Å². The van der Waals surface area contributed by atoms with Crippen molar-refractivity contribution in [1.29, 1.82) is 0 Å². The molecule has 3 heterocycles. The highest BCUT2D eigenvalue weighted by Crippen LogP contribution is 2.30. The second kappa shape index (κ2) is 9.18. The number of hydrogen-bond donors (Lipinski definition) is 1. The lowest BCUT2D eigenvalue weighted by atomic mass is 10.0. The molecule has 0 saturated heterocycles. The summed E-state index contributed by atoms with van der Waals surface area (Å²) in [5.41, 5.74) is 8.26. The number of amides is 1. The predicted octanol–water partition coefficient (Wildman–Crippen LogP) is 5.22. The van der Waals surface area contributed by atoms with Crippen LogP contribution in [0.1, 0.15) is 28.1 Å². The van der Waals surface area contributed by atoms with Crippen molar-refractivity contribution in [2.75, 3.05) is 5.32 Å². The van der Waals surface area contributed by atoms with Crippen LogP contribution in [-0.4, -0.2) is 30.5 Å². The Hall–Kier alpha value is -4.26. The number of aromatic nitrogens is 5. The maximum Gasteiger partial charge on any atom is 0.247 e. The number of hydrogen-bond acceptors (Lipinski definition) is 4. The zero-order chi connectivity index (χ0) is 24.5. The van der Waals surface area contributed by atoms with Crippen LogP contribution in [0.25, 0.3) is 22.2 Å². The molecule has 0 unspecified atom stereocenters. The van der Waals surface area contributed by atoms with Crippen LogP contribution in [0.3, 0.4) is 0 Å². The van der Waals surface area contributed by atoms with E-state index in [1.807, 2.05) is 42.8 Å². The van der Waals surface area contributed by atoms with Crippen molar-refractivity contribution in [3.8, 4) is 11.1 Å². The second-order valence-corrected chi connectivity index (χ2v) is 9.04. The number of rotatable bonds is 6. The number of anilines is 1. The fourth-order valence-electron chi connectivity index (χ4n) is 4.48. The summed E-state index contributed by atoms with van der Waals surface area (Å²) in [6, 6.07) is 20.6. The topological polar surface area (TPSA) is 77.6 Å². The average molecular weight is 465 g/mol. The van der Waals surface area contributed by atoms with E-state index in [9.17, 15) is 4.79 Å². The minimum absolute atomic E-state index is 0.0540. The lowest BCUT2D eigenvalue weighted by Crippen LogP contribution is -2.20. The zero-order valence-electron chi connectivity index (χ0n) is 20.4. The van der Waals surface area contributed by atoms with E-state index in [-0.39, 0.29) is 12.5 Å². The van der Waals surface area contributed by atoms with Gasteiger partial charge < -0.3 is 5.32 Å². The fraction of sp³-hybridized carbons (Fsp3) is 0.214. The van der Waals surface area contributed by atoms with E-state index >= 15 is 0 Å². The zero-order valence-corrected chi connectivity index (χ0v) is 20.4. The minimum Gasteiger partial charge on any atom is -0.308 e. The highest BCUT2D eigenvalue weighted by atomic mass is 16.2. The first-order valence-corrected chi connectivity index (χ1v) is 11.7. The first-order valence-electron chi connectivity index (χ1n) is 11.7. The summed E-state index contributed by atoms with van der Waals surface area (Å²) in [4.78, 5) is 17.5. The van der Waals surface area contributed by atoms with Gasteiger partial charge in [-0.15, -0.1) is 0 Å². The van der Waals surface area contributed by atoms with Crippen molar-refractivity contribution < 1.29 is 4.79 Å². The number of fused-ring (bicyclic) bond motifs is 1. The molecule has 0 fully saturated rings. The van der Waals surface area contributed by atoms with Gasteiger partial charge in [0.1, 0.15) is 6.54 Å². The first-order chi connectivity index (χ1) is 16.9. The molecule has 0 bridgehead atoms. The van der Waals surface area contributed by atoms with Gasteiger partial charge in [-0.1, -0.05) is 59.7 Å². The smallest absolute Gasteiger partial charge is 0.247 e. The Kier molecular flexibility index (Phi) is 5.91. The van der Waals surface area contributed by atoms with Crippen molar-refractivity contribution in [2.45, 2.75) is 40.8 Å². The molecule has 5 aromatic rings. The van der Waals surface area contributed by atoms with Gasteiger partial charge in [0.2, 0.25) is 5.91 Å². The SMILES string of the molecule is Cc1cccc(Cn2nc(NC(=O)Cn3nc(C)c4c(-c5cccc(C)c5)ccnc43)cc2C)c1.